The van der Waals surface area contributed by atoms with E-state index in [1.807, 2.05) is 0 Å². The van der Waals surface area contributed by atoms with E-state index in [2.05, 4.69) is 5.32 Å². The van der Waals surface area contributed by atoms with E-state index in [1.54, 1.807) is 0 Å². The quantitative estimate of drug-likeness (QED) is 0.393. The fraction of sp³-hybridized carbons (Fsp3) is 0.923. The maximum absolute atomic E-state index is 13.8. The minimum atomic E-state index is -8.92. The van der Waals surface area contributed by atoms with Crippen molar-refractivity contribution in [3.63, 3.8) is 0 Å². The summed E-state index contributed by atoms with van der Waals surface area (Å²) in [6, 6.07) is -1.77. The Kier molecular flexibility index (Phi) is 7.71. The number of sulfonamides is 1. The molecule has 2 N–H and O–H groups in total. The van der Waals surface area contributed by atoms with Crippen LogP contribution in [0.3, 0.4) is 0 Å². The van der Waals surface area contributed by atoms with Gasteiger partial charge >= 0.3 is 57.0 Å². The number of halogens is 17. The lowest BCUT2D eigenvalue weighted by Crippen LogP contribution is -2.75. The van der Waals surface area contributed by atoms with E-state index < -0.39 is 68.9 Å². The van der Waals surface area contributed by atoms with Gasteiger partial charge in [0.15, 0.2) is 0 Å². The standard InChI is InChI=1S/C13H9F17N2O3S/c14-6(15,8(18,19)10(22,23)12(26,27)28)7(16,17)9(20,21)11(24,25)13(29,30)36(34,35)32-5(33)4-2-1-3-31-4/h4,31H,1-3H2,(H,32,33). The van der Waals surface area contributed by atoms with Gasteiger partial charge in [-0.1, -0.05) is 0 Å². The van der Waals surface area contributed by atoms with Gasteiger partial charge in [0, 0.05) is 0 Å². The molecule has 0 aromatic rings. The molecule has 1 amide bonds. The Morgan fingerprint density at radius 3 is 1.33 bits per heavy atom. The minimum absolute atomic E-state index is 0.0286. The monoisotopic (exact) mass is 596 g/mol. The number of hydrogen-bond donors (Lipinski definition) is 2. The highest BCUT2D eigenvalue weighted by atomic mass is 32.2. The van der Waals surface area contributed by atoms with Crippen LogP contribution < -0.4 is 10.0 Å². The maximum atomic E-state index is 13.8. The Bertz CT molecular complexity index is 953. The summed E-state index contributed by atoms with van der Waals surface area (Å²) in [7, 11) is -7.63. The Morgan fingerprint density at radius 1 is 0.639 bits per heavy atom. The maximum Gasteiger partial charge on any atom is 0.460 e. The summed E-state index contributed by atoms with van der Waals surface area (Å²) in [5, 5.41) is -5.70. The van der Waals surface area contributed by atoms with Gasteiger partial charge in [-0.2, -0.15) is 83.1 Å². The van der Waals surface area contributed by atoms with Crippen LogP contribution in [0.4, 0.5) is 74.6 Å². The number of alkyl halides is 17. The number of amides is 1. The van der Waals surface area contributed by atoms with Crippen LogP contribution >= 0.6 is 0 Å². The first-order valence-corrected chi connectivity index (χ1v) is 9.98. The number of hydrogen-bond acceptors (Lipinski definition) is 4. The van der Waals surface area contributed by atoms with Crippen LogP contribution in [0.2, 0.25) is 0 Å². The van der Waals surface area contributed by atoms with Gasteiger partial charge in [0.05, 0.1) is 6.04 Å². The van der Waals surface area contributed by atoms with Crippen molar-refractivity contribution < 1.29 is 87.8 Å². The molecule has 0 radical (unpaired) electrons. The summed E-state index contributed by atoms with van der Waals surface area (Å²) < 4.78 is 247. The van der Waals surface area contributed by atoms with E-state index in [0.717, 1.165) is 0 Å². The lowest BCUT2D eigenvalue weighted by molar-refractivity contribution is -0.458. The highest BCUT2D eigenvalue weighted by Crippen LogP contribution is 2.64. The van der Waals surface area contributed by atoms with Crippen LogP contribution in [0.25, 0.3) is 0 Å². The van der Waals surface area contributed by atoms with E-state index in [4.69, 9.17) is 0 Å². The second-order valence-corrected chi connectivity index (χ2v) is 8.80. The molecule has 5 nitrogen and oxygen atoms in total. The van der Waals surface area contributed by atoms with E-state index >= 15 is 0 Å². The van der Waals surface area contributed by atoms with E-state index in [9.17, 15) is 87.8 Å². The van der Waals surface area contributed by atoms with E-state index in [1.165, 1.54) is 0 Å². The normalized spacial score (nSPS) is 20.0. The Balaban J connectivity index is 3.60. The lowest BCUT2D eigenvalue weighted by Gasteiger charge is -2.42. The molecule has 36 heavy (non-hydrogen) atoms. The van der Waals surface area contributed by atoms with Crippen molar-refractivity contribution in [2.45, 2.75) is 65.8 Å². The molecule has 214 valence electrons. The second-order valence-electron chi connectivity index (χ2n) is 7.08. The summed E-state index contributed by atoms with van der Waals surface area (Å²) in [5.74, 6) is -54.3. The van der Waals surface area contributed by atoms with Crippen molar-refractivity contribution in [3.8, 4) is 0 Å². The van der Waals surface area contributed by atoms with Crippen molar-refractivity contribution in [1.29, 1.82) is 0 Å². The summed E-state index contributed by atoms with van der Waals surface area (Å²) >= 11 is 0. The van der Waals surface area contributed by atoms with Gasteiger partial charge in [-0.15, -0.1) is 0 Å². The summed E-state index contributed by atoms with van der Waals surface area (Å²) in [6.45, 7) is -0.110. The van der Waals surface area contributed by atoms with Crippen molar-refractivity contribution in [2.24, 2.45) is 0 Å². The van der Waals surface area contributed by atoms with Crippen LogP contribution in [0.15, 0.2) is 0 Å². The predicted molar refractivity (Wildman–Crippen MR) is 78.8 cm³/mol. The van der Waals surface area contributed by atoms with Gasteiger partial charge in [-0.05, 0) is 19.4 Å². The summed E-state index contributed by atoms with van der Waals surface area (Å²) in [4.78, 5) is 11.5. The van der Waals surface area contributed by atoms with Crippen molar-refractivity contribution in [2.75, 3.05) is 6.54 Å². The molecule has 1 fully saturated rings. The van der Waals surface area contributed by atoms with Crippen LogP contribution in [0.1, 0.15) is 12.8 Å². The molecule has 1 rings (SSSR count). The number of rotatable bonds is 9. The Labute approximate surface area is 187 Å². The van der Waals surface area contributed by atoms with Crippen molar-refractivity contribution in [1.82, 2.24) is 10.0 Å². The average molecular weight is 596 g/mol. The van der Waals surface area contributed by atoms with Gasteiger partial charge in [0.25, 0.3) is 5.91 Å². The highest BCUT2D eigenvalue weighted by molar-refractivity contribution is 7.91. The molecule has 23 heteroatoms. The van der Waals surface area contributed by atoms with Crippen molar-refractivity contribution >= 4 is 15.9 Å². The molecule has 1 heterocycles. The van der Waals surface area contributed by atoms with Crippen LogP contribution in [0, 0.1) is 0 Å². The van der Waals surface area contributed by atoms with Gasteiger partial charge in [0.1, 0.15) is 0 Å². The molecule has 0 aromatic carbocycles. The van der Waals surface area contributed by atoms with Crippen molar-refractivity contribution in [3.05, 3.63) is 0 Å². The third-order valence-corrected chi connectivity index (χ3v) is 6.04. The summed E-state index contributed by atoms with van der Waals surface area (Å²) in [6.07, 6.45) is -8.26. The molecule has 0 saturated carbocycles. The minimum Gasteiger partial charge on any atom is -0.306 e. The molecular formula is C13H9F17N2O3S. The molecule has 1 saturated heterocycles. The van der Waals surface area contributed by atoms with Crippen LogP contribution in [-0.2, 0) is 14.8 Å². The molecule has 0 aromatic heterocycles. The third-order valence-electron chi connectivity index (χ3n) is 4.64. The largest absolute Gasteiger partial charge is 0.460 e. The average Bonchev–Trinajstić information content (AvgIpc) is 3.20. The van der Waals surface area contributed by atoms with Gasteiger partial charge in [-0.25, -0.2) is 4.72 Å². The smallest absolute Gasteiger partial charge is 0.306 e. The van der Waals surface area contributed by atoms with Gasteiger partial charge in [-0.3, -0.25) is 4.79 Å². The first-order valence-electron chi connectivity index (χ1n) is 8.50. The van der Waals surface area contributed by atoms with Crippen LogP contribution in [-0.4, -0.2) is 73.9 Å². The zero-order valence-electron chi connectivity index (χ0n) is 16.3. The molecule has 1 aliphatic rings. The molecule has 1 atom stereocenters. The van der Waals surface area contributed by atoms with Gasteiger partial charge in [0.2, 0.25) is 0 Å². The molecule has 1 unspecified atom stereocenters. The van der Waals surface area contributed by atoms with Gasteiger partial charge < -0.3 is 5.32 Å². The highest BCUT2D eigenvalue weighted by Gasteiger charge is 2.96. The number of nitrogens with one attached hydrogen (secondary N) is 2. The second kappa shape index (κ2) is 8.61. The van der Waals surface area contributed by atoms with E-state index in [0.29, 0.717) is 0 Å². The first kappa shape index (κ1) is 32.2. The predicted octanol–water partition coefficient (Wildman–Crippen LogP) is 4.15. The fourth-order valence-electron chi connectivity index (χ4n) is 2.49. The van der Waals surface area contributed by atoms with Crippen LogP contribution in [0.5, 0.6) is 0 Å². The molecular weight excluding hydrogens is 587 g/mol. The lowest BCUT2D eigenvalue weighted by atomic mass is 9.91. The third kappa shape index (κ3) is 4.22. The molecule has 0 spiro atoms. The zero-order valence-corrected chi connectivity index (χ0v) is 17.1. The Hall–Kier alpha value is -1.81. The number of carbonyl (C=O) groups is 1. The molecule has 1 aliphatic heterocycles. The summed E-state index contributed by atoms with van der Waals surface area (Å²) in [5.41, 5.74) is 0. The zero-order chi connectivity index (χ0) is 29.2. The first-order chi connectivity index (χ1) is 15.5. The topological polar surface area (TPSA) is 75.3 Å². The van der Waals surface area contributed by atoms with E-state index in [-0.39, 0.29) is 24.1 Å². The SMILES string of the molecule is O=C(NS(=O)(=O)C(F)(F)C(F)(F)C(F)(F)C(F)(F)C(F)(F)C(F)(F)C(F)(F)C(F)(F)F)C1CCCN1. The fourth-order valence-corrected chi connectivity index (χ4v) is 3.50. The molecule has 0 aliphatic carbocycles. The number of carbonyl (C=O) groups excluding carboxylic acids is 1. The Morgan fingerprint density at radius 2 is 1.00 bits per heavy atom. The molecule has 0 bridgehead atoms.